The summed E-state index contributed by atoms with van der Waals surface area (Å²) in [4.78, 5) is 13.7. The summed E-state index contributed by atoms with van der Waals surface area (Å²) in [5.41, 5.74) is -1.32. The molecule has 1 N–H and O–H groups in total. The van der Waals surface area contributed by atoms with E-state index in [-0.39, 0.29) is 58.4 Å². The Hall–Kier alpha value is -0.214. The Morgan fingerprint density at radius 1 is 1.33 bits per heavy atom. The molecule has 1 atom stereocenters. The van der Waals surface area contributed by atoms with Crippen molar-refractivity contribution in [1.82, 2.24) is 0 Å². The molecule has 0 amide bonds. The van der Waals surface area contributed by atoms with Gasteiger partial charge in [0.1, 0.15) is 11.8 Å². The monoisotopic (exact) mass is 285 g/mol. The molecule has 18 heavy (non-hydrogen) atoms. The summed E-state index contributed by atoms with van der Waals surface area (Å²) in [5.74, 6) is -1.40. The van der Waals surface area contributed by atoms with Crippen LogP contribution in [0.25, 0.3) is 0 Å². The largest absolute Gasteiger partial charge is 1.00 e. The van der Waals surface area contributed by atoms with Crippen LogP contribution >= 0.6 is 0 Å². The zero-order chi connectivity index (χ0) is 13.1. The molecule has 0 radical (unpaired) electrons. The van der Waals surface area contributed by atoms with Crippen molar-refractivity contribution in [2.45, 2.75) is 19.1 Å². The van der Waals surface area contributed by atoms with E-state index < -0.39 is 23.9 Å². The van der Waals surface area contributed by atoms with E-state index in [0.29, 0.717) is 0 Å². The van der Waals surface area contributed by atoms with Crippen LogP contribution in [0.2, 0.25) is 0 Å². The normalized spacial score (nSPS) is 13.7. The van der Waals surface area contributed by atoms with Gasteiger partial charge in [-0.15, -0.1) is 0 Å². The number of halogens is 3. The van der Waals surface area contributed by atoms with Gasteiger partial charge in [0.15, 0.2) is 0 Å². The van der Waals surface area contributed by atoms with Gasteiger partial charge < -0.3 is 6.53 Å². The first-order chi connectivity index (χ1) is 7.82. The summed E-state index contributed by atoms with van der Waals surface area (Å²) in [5, 5.41) is 8.57. The van der Waals surface area contributed by atoms with Crippen molar-refractivity contribution in [3.8, 4) is 0 Å². The second-order valence-corrected chi connectivity index (χ2v) is 3.36. The van der Waals surface area contributed by atoms with E-state index in [1.165, 1.54) is 24.3 Å². The van der Waals surface area contributed by atoms with E-state index >= 15 is 0 Å². The third kappa shape index (κ3) is 5.19. The number of hydrogen-bond donors (Lipinski definition) is 1. The van der Waals surface area contributed by atoms with E-state index in [0.717, 1.165) is 6.92 Å². The van der Waals surface area contributed by atoms with Crippen LogP contribution in [0.1, 0.15) is 13.9 Å². The van der Waals surface area contributed by atoms with Crippen molar-refractivity contribution in [3.63, 3.8) is 0 Å². The van der Waals surface area contributed by atoms with E-state index in [1.807, 2.05) is 0 Å². The van der Waals surface area contributed by atoms with Crippen molar-refractivity contribution in [2.24, 2.45) is 4.99 Å². The number of carbonyl (C=O) groups is 1. The first-order valence-electron chi connectivity index (χ1n) is 4.75. The molecule has 1 aromatic carbocycles. The topological polar surface area (TPSA) is 49.7 Å². The Labute approximate surface area is 146 Å². The fraction of sp³-hybridized carbons (Fsp3) is 0.273. The SMILES string of the molecule is C[C@H](N=C(c1ccccc1)C(F)(F)F)C(=O)O.[H-].[K+]. The average molecular weight is 285 g/mol. The van der Waals surface area contributed by atoms with Gasteiger partial charge in [0.05, 0.1) is 0 Å². The van der Waals surface area contributed by atoms with E-state index in [1.54, 1.807) is 6.07 Å². The fourth-order valence-electron chi connectivity index (χ4n) is 1.16. The van der Waals surface area contributed by atoms with Crippen LogP contribution in [-0.2, 0) is 4.79 Å². The first-order valence-corrected chi connectivity index (χ1v) is 4.75. The predicted molar refractivity (Wildman–Crippen MR) is 57.2 cm³/mol. The molecular weight excluding hydrogens is 274 g/mol. The molecule has 0 saturated heterocycles. The number of carboxylic acids is 1. The molecule has 1 aromatic rings. The maximum atomic E-state index is 12.7. The van der Waals surface area contributed by atoms with Gasteiger partial charge in [0.2, 0.25) is 0 Å². The van der Waals surface area contributed by atoms with Crippen molar-refractivity contribution in [2.75, 3.05) is 0 Å². The van der Waals surface area contributed by atoms with Crippen LogP contribution in [-0.4, -0.2) is 29.0 Å². The number of hydrogen-bond acceptors (Lipinski definition) is 2. The molecule has 0 bridgehead atoms. The molecule has 3 nitrogen and oxygen atoms in total. The predicted octanol–water partition coefficient (Wildman–Crippen LogP) is -0.372. The van der Waals surface area contributed by atoms with Gasteiger partial charge in [-0.25, -0.2) is 4.79 Å². The van der Waals surface area contributed by atoms with Crippen LogP contribution in [0.5, 0.6) is 0 Å². The van der Waals surface area contributed by atoms with E-state index in [2.05, 4.69) is 4.99 Å². The van der Waals surface area contributed by atoms with Crippen molar-refractivity contribution in [3.05, 3.63) is 35.9 Å². The number of rotatable bonds is 3. The number of nitrogens with zero attached hydrogens (tertiary/aromatic N) is 1. The molecule has 94 valence electrons. The molecule has 0 aromatic heterocycles. The second kappa shape index (κ2) is 7.39. The quantitative estimate of drug-likeness (QED) is 0.608. The van der Waals surface area contributed by atoms with Gasteiger partial charge in [-0.05, 0) is 6.92 Å². The van der Waals surface area contributed by atoms with Crippen molar-refractivity contribution >= 4 is 11.7 Å². The second-order valence-electron chi connectivity index (χ2n) is 3.36. The minimum absolute atomic E-state index is 0. The molecule has 7 heteroatoms. The Balaban J connectivity index is 0. The summed E-state index contributed by atoms with van der Waals surface area (Å²) in [6.07, 6.45) is -4.68. The van der Waals surface area contributed by atoms with Gasteiger partial charge in [-0.2, -0.15) is 13.2 Å². The molecule has 0 aliphatic rings. The van der Waals surface area contributed by atoms with E-state index in [4.69, 9.17) is 5.11 Å². The summed E-state index contributed by atoms with van der Waals surface area (Å²) < 4.78 is 38.1. The number of carboxylic acid groups (broad SMARTS) is 1. The van der Waals surface area contributed by atoms with Gasteiger partial charge in [0.25, 0.3) is 0 Å². The maximum absolute atomic E-state index is 12.7. The molecule has 0 heterocycles. The van der Waals surface area contributed by atoms with Crippen LogP contribution in [0.15, 0.2) is 35.3 Å². The number of benzene rings is 1. The Kier molecular flexibility index (Phi) is 7.31. The number of aliphatic carboxylic acids is 1. The molecule has 0 aliphatic carbocycles. The molecule has 0 spiro atoms. The average Bonchev–Trinajstić information content (AvgIpc) is 2.25. The maximum Gasteiger partial charge on any atom is 1.00 e. The van der Waals surface area contributed by atoms with Crippen LogP contribution < -0.4 is 51.4 Å². The van der Waals surface area contributed by atoms with Gasteiger partial charge in [-0.3, -0.25) is 4.99 Å². The molecule has 0 fully saturated rings. The van der Waals surface area contributed by atoms with Crippen LogP contribution in [0.4, 0.5) is 13.2 Å². The zero-order valence-corrected chi connectivity index (χ0v) is 13.0. The minimum Gasteiger partial charge on any atom is -1.00 e. The molecule has 0 saturated carbocycles. The van der Waals surface area contributed by atoms with Crippen LogP contribution in [0.3, 0.4) is 0 Å². The molecule has 1 rings (SSSR count). The third-order valence-electron chi connectivity index (χ3n) is 2.00. The molecule has 0 unspecified atom stereocenters. The zero-order valence-electron chi connectivity index (χ0n) is 10.9. The number of alkyl halides is 3. The summed E-state index contributed by atoms with van der Waals surface area (Å²) in [6.45, 7) is 1.09. The molecular formula is C11H11F3KNO2. The third-order valence-corrected chi connectivity index (χ3v) is 2.00. The standard InChI is InChI=1S/C11H10F3NO2.K.H/c1-7(10(16)17)15-9(11(12,13)14)8-5-3-2-4-6-8;;/h2-7H,1H3,(H,16,17);;/q;+1;-1/t7-;;/m0../s1. The summed E-state index contributed by atoms with van der Waals surface area (Å²) in [7, 11) is 0. The smallest absolute Gasteiger partial charge is 1.00 e. The Bertz CT molecular complexity index is 437. The Morgan fingerprint density at radius 3 is 2.22 bits per heavy atom. The van der Waals surface area contributed by atoms with Crippen LogP contribution in [0, 0.1) is 0 Å². The summed E-state index contributed by atoms with van der Waals surface area (Å²) in [6, 6.07) is 5.47. The summed E-state index contributed by atoms with van der Waals surface area (Å²) >= 11 is 0. The van der Waals surface area contributed by atoms with Gasteiger partial charge >= 0.3 is 63.5 Å². The minimum atomic E-state index is -4.68. The van der Waals surface area contributed by atoms with Gasteiger partial charge in [-0.1, -0.05) is 30.3 Å². The van der Waals surface area contributed by atoms with Gasteiger partial charge in [0, 0.05) is 5.56 Å². The number of aliphatic imine (C=N–C) groups is 1. The van der Waals surface area contributed by atoms with E-state index in [9.17, 15) is 18.0 Å². The Morgan fingerprint density at radius 2 is 1.83 bits per heavy atom. The fourth-order valence-corrected chi connectivity index (χ4v) is 1.16. The molecule has 0 aliphatic heterocycles. The van der Waals surface area contributed by atoms with Crippen molar-refractivity contribution < 1.29 is 75.9 Å². The first kappa shape index (κ1) is 17.8. The van der Waals surface area contributed by atoms with Crippen molar-refractivity contribution in [1.29, 1.82) is 0 Å².